The fourth-order valence-corrected chi connectivity index (χ4v) is 0.768. The van der Waals surface area contributed by atoms with Gasteiger partial charge < -0.3 is 0 Å². The summed E-state index contributed by atoms with van der Waals surface area (Å²) >= 11 is 0. The van der Waals surface area contributed by atoms with Crippen molar-refractivity contribution in [2.45, 2.75) is 26.7 Å². The lowest BCUT2D eigenvalue weighted by Crippen LogP contribution is -1.97. The topological polar surface area (TPSA) is 38.7 Å². The summed E-state index contributed by atoms with van der Waals surface area (Å²) in [7, 11) is 0. The van der Waals surface area contributed by atoms with Gasteiger partial charge >= 0.3 is 0 Å². The van der Waals surface area contributed by atoms with Gasteiger partial charge in [0.15, 0.2) is 0 Å². The monoisotopic (exact) mass is 137 g/mol. The lowest BCUT2D eigenvalue weighted by Gasteiger charge is -1.95. The van der Waals surface area contributed by atoms with E-state index in [2.05, 4.69) is 21.9 Å². The van der Waals surface area contributed by atoms with Crippen LogP contribution in [0, 0.1) is 6.92 Å². The van der Waals surface area contributed by atoms with Crippen LogP contribution in [0.4, 0.5) is 0 Å². The molecule has 0 N–H and O–H groups in total. The third-order valence-electron chi connectivity index (χ3n) is 1.22. The van der Waals surface area contributed by atoms with Gasteiger partial charge in [-0.15, -0.1) is 0 Å². The molecule has 54 valence electrons. The zero-order valence-electron chi connectivity index (χ0n) is 6.33. The summed E-state index contributed by atoms with van der Waals surface area (Å²) in [6.45, 7) is 3.99. The van der Waals surface area contributed by atoms with E-state index in [9.17, 15) is 0 Å². The van der Waals surface area contributed by atoms with Gasteiger partial charge in [-0.3, -0.25) is 0 Å². The molecule has 0 aliphatic carbocycles. The van der Waals surface area contributed by atoms with Crippen LogP contribution in [0.15, 0.2) is 6.33 Å². The van der Waals surface area contributed by atoms with Crippen molar-refractivity contribution in [3.63, 3.8) is 0 Å². The molecule has 0 atom stereocenters. The molecule has 0 bridgehead atoms. The van der Waals surface area contributed by atoms with Gasteiger partial charge in [-0.2, -0.15) is 0 Å². The Morgan fingerprint density at radius 1 is 1.40 bits per heavy atom. The first-order chi connectivity index (χ1) is 4.83. The fraction of sp³-hybridized carbons (Fsp3) is 0.571. The molecule has 0 aliphatic heterocycles. The molecular weight excluding hydrogens is 126 g/mol. The smallest absolute Gasteiger partial charge is 0.132 e. The van der Waals surface area contributed by atoms with Crippen LogP contribution in [0.3, 0.4) is 0 Å². The SMILES string of the molecule is CCCc1ncnc(C)n1. The Bertz CT molecular complexity index is 210. The Kier molecular flexibility index (Phi) is 2.31. The quantitative estimate of drug-likeness (QED) is 0.613. The number of aromatic nitrogens is 3. The van der Waals surface area contributed by atoms with Gasteiger partial charge in [-0.05, 0) is 13.3 Å². The van der Waals surface area contributed by atoms with E-state index in [1.54, 1.807) is 6.33 Å². The normalized spacial score (nSPS) is 9.80. The van der Waals surface area contributed by atoms with Gasteiger partial charge in [0.2, 0.25) is 0 Å². The van der Waals surface area contributed by atoms with Gasteiger partial charge in [0.25, 0.3) is 0 Å². The van der Waals surface area contributed by atoms with Crippen LogP contribution in [0.25, 0.3) is 0 Å². The summed E-state index contributed by atoms with van der Waals surface area (Å²) in [6.07, 6.45) is 3.60. The Labute approximate surface area is 60.6 Å². The highest BCUT2D eigenvalue weighted by molar-refractivity contribution is 4.87. The maximum atomic E-state index is 4.14. The Hall–Kier alpha value is -0.990. The highest BCUT2D eigenvalue weighted by atomic mass is 15.0. The molecule has 1 rings (SSSR count). The van der Waals surface area contributed by atoms with Crippen LogP contribution in [0.1, 0.15) is 25.0 Å². The Morgan fingerprint density at radius 3 is 2.80 bits per heavy atom. The minimum absolute atomic E-state index is 0.804. The third kappa shape index (κ3) is 1.76. The van der Waals surface area contributed by atoms with Crippen molar-refractivity contribution < 1.29 is 0 Å². The zero-order chi connectivity index (χ0) is 7.40. The number of aryl methyl sites for hydroxylation is 2. The van der Waals surface area contributed by atoms with Crippen molar-refractivity contribution >= 4 is 0 Å². The molecule has 0 amide bonds. The lowest BCUT2D eigenvalue weighted by atomic mass is 10.3. The van der Waals surface area contributed by atoms with E-state index in [0.717, 1.165) is 24.5 Å². The largest absolute Gasteiger partial charge is 0.222 e. The molecule has 0 aromatic carbocycles. The summed E-state index contributed by atoms with van der Waals surface area (Å²) in [5.41, 5.74) is 0. The van der Waals surface area contributed by atoms with E-state index in [1.807, 2.05) is 6.92 Å². The molecule has 1 aromatic heterocycles. The molecular formula is C7H11N3. The van der Waals surface area contributed by atoms with Gasteiger partial charge in [0.05, 0.1) is 0 Å². The zero-order valence-corrected chi connectivity index (χ0v) is 6.33. The average Bonchev–Trinajstić information content (AvgIpc) is 1.88. The predicted octanol–water partition coefficient (Wildman–Crippen LogP) is 1.13. The first-order valence-electron chi connectivity index (χ1n) is 3.47. The molecule has 0 fully saturated rings. The molecule has 0 aliphatic rings. The summed E-state index contributed by atoms with van der Waals surface area (Å²) in [4.78, 5) is 12.0. The van der Waals surface area contributed by atoms with Crippen molar-refractivity contribution in [3.05, 3.63) is 18.0 Å². The summed E-state index contributed by atoms with van der Waals surface area (Å²) in [6, 6.07) is 0. The predicted molar refractivity (Wildman–Crippen MR) is 38.6 cm³/mol. The molecule has 0 saturated heterocycles. The molecule has 3 nitrogen and oxygen atoms in total. The minimum Gasteiger partial charge on any atom is -0.222 e. The van der Waals surface area contributed by atoms with Crippen molar-refractivity contribution in [2.24, 2.45) is 0 Å². The van der Waals surface area contributed by atoms with Crippen LogP contribution >= 0.6 is 0 Å². The molecule has 10 heavy (non-hydrogen) atoms. The minimum atomic E-state index is 0.804. The Balaban J connectivity index is 2.75. The first-order valence-corrected chi connectivity index (χ1v) is 3.47. The van der Waals surface area contributed by atoms with E-state index in [0.29, 0.717) is 0 Å². The molecule has 1 aromatic rings. The number of hydrogen-bond acceptors (Lipinski definition) is 3. The lowest BCUT2D eigenvalue weighted by molar-refractivity contribution is 0.798. The molecule has 1 heterocycles. The third-order valence-corrected chi connectivity index (χ3v) is 1.22. The molecule has 0 unspecified atom stereocenters. The second-order valence-electron chi connectivity index (χ2n) is 2.20. The van der Waals surface area contributed by atoms with Gasteiger partial charge in [-0.25, -0.2) is 15.0 Å². The van der Waals surface area contributed by atoms with E-state index in [4.69, 9.17) is 0 Å². The second-order valence-corrected chi connectivity index (χ2v) is 2.20. The van der Waals surface area contributed by atoms with Crippen molar-refractivity contribution in [3.8, 4) is 0 Å². The van der Waals surface area contributed by atoms with Crippen LogP contribution in [-0.4, -0.2) is 15.0 Å². The highest BCUT2D eigenvalue weighted by Crippen LogP contribution is 1.93. The van der Waals surface area contributed by atoms with Gasteiger partial charge in [0.1, 0.15) is 18.0 Å². The van der Waals surface area contributed by atoms with Gasteiger partial charge in [0, 0.05) is 6.42 Å². The molecule has 0 saturated carbocycles. The summed E-state index contributed by atoms with van der Waals surface area (Å²) in [5, 5.41) is 0. The fourth-order valence-electron chi connectivity index (χ4n) is 0.768. The van der Waals surface area contributed by atoms with E-state index in [-0.39, 0.29) is 0 Å². The molecule has 0 spiro atoms. The van der Waals surface area contributed by atoms with Crippen LogP contribution in [-0.2, 0) is 6.42 Å². The highest BCUT2D eigenvalue weighted by Gasteiger charge is 1.93. The maximum absolute atomic E-state index is 4.14. The first kappa shape index (κ1) is 7.12. The van der Waals surface area contributed by atoms with E-state index in [1.165, 1.54) is 0 Å². The average molecular weight is 137 g/mol. The second kappa shape index (κ2) is 3.25. The molecule has 3 heteroatoms. The number of nitrogens with zero attached hydrogens (tertiary/aromatic N) is 3. The van der Waals surface area contributed by atoms with Crippen LogP contribution in [0.5, 0.6) is 0 Å². The molecule has 0 radical (unpaired) electrons. The standard InChI is InChI=1S/C7H11N3/c1-3-4-7-9-5-8-6(2)10-7/h5H,3-4H2,1-2H3. The number of hydrogen-bond donors (Lipinski definition) is 0. The maximum Gasteiger partial charge on any atom is 0.132 e. The van der Waals surface area contributed by atoms with Crippen molar-refractivity contribution in [1.82, 2.24) is 15.0 Å². The van der Waals surface area contributed by atoms with Gasteiger partial charge in [-0.1, -0.05) is 6.92 Å². The summed E-state index contributed by atoms with van der Waals surface area (Å²) in [5.74, 6) is 1.70. The van der Waals surface area contributed by atoms with E-state index < -0.39 is 0 Å². The van der Waals surface area contributed by atoms with E-state index >= 15 is 0 Å². The summed E-state index contributed by atoms with van der Waals surface area (Å²) < 4.78 is 0. The Morgan fingerprint density at radius 2 is 2.20 bits per heavy atom. The van der Waals surface area contributed by atoms with Crippen LogP contribution in [0.2, 0.25) is 0 Å². The van der Waals surface area contributed by atoms with Crippen LogP contribution < -0.4 is 0 Å². The number of rotatable bonds is 2. The van der Waals surface area contributed by atoms with Crippen molar-refractivity contribution in [1.29, 1.82) is 0 Å². The van der Waals surface area contributed by atoms with Crippen molar-refractivity contribution in [2.75, 3.05) is 0 Å².